The van der Waals surface area contributed by atoms with E-state index in [1.165, 1.54) is 0 Å². The van der Waals surface area contributed by atoms with Gasteiger partial charge in [0, 0.05) is 12.8 Å². The Kier molecular flexibility index (Phi) is 5.39. The van der Waals surface area contributed by atoms with Crippen LogP contribution in [0.2, 0.25) is 0 Å². The van der Waals surface area contributed by atoms with Crippen molar-refractivity contribution in [1.82, 2.24) is 0 Å². The summed E-state index contributed by atoms with van der Waals surface area (Å²) < 4.78 is 11.4. The Morgan fingerprint density at radius 1 is 1.12 bits per heavy atom. The first kappa shape index (κ1) is 17.5. The van der Waals surface area contributed by atoms with Crippen molar-refractivity contribution >= 4 is 11.6 Å². The van der Waals surface area contributed by atoms with Crippen LogP contribution in [0, 0.1) is 6.92 Å². The normalized spacial score (nSPS) is 15.8. The minimum atomic E-state index is -0.670. The molecule has 1 amide bonds. The van der Waals surface area contributed by atoms with Gasteiger partial charge in [0.05, 0.1) is 0 Å². The molecule has 0 aliphatic heterocycles. The van der Waals surface area contributed by atoms with E-state index in [1.54, 1.807) is 7.11 Å². The Morgan fingerprint density at radius 3 is 2.48 bits per heavy atom. The molecule has 4 nitrogen and oxygen atoms in total. The number of carbonyl (C=O) groups excluding carboxylic acids is 1. The molecule has 1 aliphatic carbocycles. The predicted octanol–water partition coefficient (Wildman–Crippen LogP) is 4.47. The molecule has 0 spiro atoms. The predicted molar refractivity (Wildman–Crippen MR) is 98.8 cm³/mol. The lowest BCUT2D eigenvalue weighted by Gasteiger charge is -2.26. The van der Waals surface area contributed by atoms with E-state index in [0.717, 1.165) is 48.2 Å². The van der Waals surface area contributed by atoms with Crippen LogP contribution in [-0.4, -0.2) is 18.6 Å². The highest BCUT2D eigenvalue weighted by atomic mass is 16.5. The highest BCUT2D eigenvalue weighted by Gasteiger charge is 2.41. The third kappa shape index (κ3) is 4.02. The summed E-state index contributed by atoms with van der Waals surface area (Å²) in [7, 11) is 1.62. The van der Waals surface area contributed by atoms with E-state index < -0.39 is 5.60 Å². The van der Waals surface area contributed by atoms with Gasteiger partial charge in [-0.05, 0) is 61.9 Å². The highest BCUT2D eigenvalue weighted by molar-refractivity contribution is 5.97. The number of methoxy groups -OCH3 is 1. The second-order valence-corrected chi connectivity index (χ2v) is 6.61. The van der Waals surface area contributed by atoms with Crippen LogP contribution in [0.15, 0.2) is 48.5 Å². The van der Waals surface area contributed by atoms with Gasteiger partial charge in [0.1, 0.15) is 18.0 Å². The number of aryl methyl sites for hydroxylation is 1. The molecule has 25 heavy (non-hydrogen) atoms. The number of hydrogen-bond acceptors (Lipinski definition) is 3. The van der Waals surface area contributed by atoms with E-state index in [1.807, 2.05) is 55.5 Å². The maximum atomic E-state index is 12.6. The van der Waals surface area contributed by atoms with Gasteiger partial charge in [-0.3, -0.25) is 4.79 Å². The number of benzene rings is 2. The van der Waals surface area contributed by atoms with Crippen LogP contribution in [0.25, 0.3) is 0 Å². The molecule has 0 aromatic heterocycles. The Morgan fingerprint density at radius 2 is 1.84 bits per heavy atom. The van der Waals surface area contributed by atoms with Crippen molar-refractivity contribution in [1.29, 1.82) is 0 Å². The van der Waals surface area contributed by atoms with Crippen LogP contribution in [-0.2, 0) is 16.1 Å². The summed E-state index contributed by atoms with van der Waals surface area (Å²) >= 11 is 0. The first-order valence-electron chi connectivity index (χ1n) is 8.77. The molecule has 1 saturated carbocycles. The number of amides is 1. The quantitative estimate of drug-likeness (QED) is 0.844. The first-order valence-corrected chi connectivity index (χ1v) is 8.77. The fourth-order valence-corrected chi connectivity index (χ4v) is 3.34. The molecule has 2 aromatic rings. The first-order chi connectivity index (χ1) is 12.1. The number of nitrogens with one attached hydrogen (secondary N) is 1. The molecule has 3 rings (SSSR count). The zero-order valence-electron chi connectivity index (χ0n) is 14.9. The van der Waals surface area contributed by atoms with Gasteiger partial charge in [0.25, 0.3) is 5.91 Å². The summed E-state index contributed by atoms with van der Waals surface area (Å²) in [5, 5.41) is 3.00. The zero-order chi connectivity index (χ0) is 17.7. The average molecular weight is 339 g/mol. The Balaban J connectivity index is 1.64. The SMILES string of the molecule is COC1(C(=O)Nc2ccc(OCc3ccccc3)c(C)c2)CCCC1. The summed E-state index contributed by atoms with van der Waals surface area (Å²) in [6.07, 6.45) is 3.64. The summed E-state index contributed by atoms with van der Waals surface area (Å²) in [5.41, 5.74) is 2.23. The molecular weight excluding hydrogens is 314 g/mol. The topological polar surface area (TPSA) is 47.6 Å². The van der Waals surface area contributed by atoms with Crippen molar-refractivity contribution in [2.45, 2.75) is 44.8 Å². The molecule has 0 unspecified atom stereocenters. The lowest BCUT2D eigenvalue weighted by molar-refractivity contribution is -0.136. The van der Waals surface area contributed by atoms with Crippen molar-refractivity contribution in [3.63, 3.8) is 0 Å². The molecule has 0 heterocycles. The molecule has 132 valence electrons. The Bertz CT molecular complexity index is 721. The number of hydrogen-bond donors (Lipinski definition) is 1. The monoisotopic (exact) mass is 339 g/mol. The maximum Gasteiger partial charge on any atom is 0.256 e. The Hall–Kier alpha value is -2.33. The molecule has 1 aliphatic rings. The standard InChI is InChI=1S/C21H25NO3/c1-16-14-18(22-20(23)21(24-2)12-6-7-13-21)10-11-19(16)25-15-17-8-4-3-5-9-17/h3-5,8-11,14H,6-7,12-13,15H2,1-2H3,(H,22,23). The highest BCUT2D eigenvalue weighted by Crippen LogP contribution is 2.34. The third-order valence-electron chi connectivity index (χ3n) is 4.89. The van der Waals surface area contributed by atoms with Crippen LogP contribution < -0.4 is 10.1 Å². The zero-order valence-corrected chi connectivity index (χ0v) is 14.9. The van der Waals surface area contributed by atoms with Crippen molar-refractivity contribution in [2.24, 2.45) is 0 Å². The van der Waals surface area contributed by atoms with Crippen molar-refractivity contribution < 1.29 is 14.3 Å². The van der Waals surface area contributed by atoms with Crippen LogP contribution >= 0.6 is 0 Å². The van der Waals surface area contributed by atoms with E-state index in [2.05, 4.69) is 5.32 Å². The lowest BCUT2D eigenvalue weighted by atomic mass is 10.0. The molecule has 4 heteroatoms. The van der Waals surface area contributed by atoms with Gasteiger partial charge in [-0.25, -0.2) is 0 Å². The molecule has 0 radical (unpaired) electrons. The summed E-state index contributed by atoms with van der Waals surface area (Å²) in [6.45, 7) is 2.51. The van der Waals surface area contributed by atoms with E-state index in [-0.39, 0.29) is 5.91 Å². The van der Waals surface area contributed by atoms with Gasteiger partial charge in [0.15, 0.2) is 0 Å². The van der Waals surface area contributed by atoms with Crippen molar-refractivity contribution in [3.05, 3.63) is 59.7 Å². The number of ether oxygens (including phenoxy) is 2. The third-order valence-corrected chi connectivity index (χ3v) is 4.89. The smallest absolute Gasteiger partial charge is 0.256 e. The molecular formula is C21H25NO3. The Labute approximate surface area is 149 Å². The largest absolute Gasteiger partial charge is 0.489 e. The second-order valence-electron chi connectivity index (χ2n) is 6.61. The van der Waals surface area contributed by atoms with E-state index in [4.69, 9.17) is 9.47 Å². The van der Waals surface area contributed by atoms with E-state index in [9.17, 15) is 4.79 Å². The number of anilines is 1. The fourth-order valence-electron chi connectivity index (χ4n) is 3.34. The van der Waals surface area contributed by atoms with Gasteiger partial charge >= 0.3 is 0 Å². The molecule has 0 saturated heterocycles. The van der Waals surface area contributed by atoms with Gasteiger partial charge < -0.3 is 14.8 Å². The molecule has 1 fully saturated rings. The summed E-state index contributed by atoms with van der Waals surface area (Å²) in [4.78, 5) is 12.6. The van der Waals surface area contributed by atoms with Gasteiger partial charge in [-0.15, -0.1) is 0 Å². The minimum absolute atomic E-state index is 0.0511. The molecule has 0 bridgehead atoms. The van der Waals surface area contributed by atoms with Crippen molar-refractivity contribution in [3.8, 4) is 5.75 Å². The van der Waals surface area contributed by atoms with Gasteiger partial charge in [0.2, 0.25) is 0 Å². The molecule has 1 N–H and O–H groups in total. The summed E-state index contributed by atoms with van der Waals surface area (Å²) in [5.74, 6) is 0.772. The average Bonchev–Trinajstić information content (AvgIpc) is 3.12. The van der Waals surface area contributed by atoms with Crippen LogP contribution in [0.1, 0.15) is 36.8 Å². The van der Waals surface area contributed by atoms with Crippen LogP contribution in [0.5, 0.6) is 5.75 Å². The number of carbonyl (C=O) groups is 1. The second kappa shape index (κ2) is 7.70. The number of rotatable bonds is 6. The van der Waals surface area contributed by atoms with Crippen molar-refractivity contribution in [2.75, 3.05) is 12.4 Å². The van der Waals surface area contributed by atoms with E-state index in [0.29, 0.717) is 6.61 Å². The van der Waals surface area contributed by atoms with Gasteiger partial charge in [-0.1, -0.05) is 30.3 Å². The minimum Gasteiger partial charge on any atom is -0.489 e. The summed E-state index contributed by atoms with van der Waals surface area (Å²) in [6, 6.07) is 15.8. The molecule has 2 aromatic carbocycles. The lowest BCUT2D eigenvalue weighted by Crippen LogP contribution is -2.42. The van der Waals surface area contributed by atoms with Gasteiger partial charge in [-0.2, -0.15) is 0 Å². The van der Waals surface area contributed by atoms with E-state index >= 15 is 0 Å². The van der Waals surface area contributed by atoms with Crippen LogP contribution in [0.3, 0.4) is 0 Å². The fraction of sp³-hybridized carbons (Fsp3) is 0.381. The maximum absolute atomic E-state index is 12.6. The molecule has 0 atom stereocenters. The van der Waals surface area contributed by atoms with Crippen LogP contribution in [0.4, 0.5) is 5.69 Å².